The van der Waals surface area contributed by atoms with Crippen molar-refractivity contribution in [3.05, 3.63) is 29.6 Å². The van der Waals surface area contributed by atoms with Crippen LogP contribution in [0, 0.1) is 5.82 Å². The Balaban J connectivity index is 2.32. The third-order valence-electron chi connectivity index (χ3n) is 2.78. The van der Waals surface area contributed by atoms with Crippen LogP contribution in [0.25, 0.3) is 0 Å². The zero-order valence-corrected chi connectivity index (χ0v) is 8.66. The number of carbonyl (C=O) groups is 1. The van der Waals surface area contributed by atoms with Crippen molar-refractivity contribution in [3.8, 4) is 0 Å². The Kier molecular flexibility index (Phi) is 2.34. The van der Waals surface area contributed by atoms with E-state index in [9.17, 15) is 9.18 Å². The lowest BCUT2D eigenvalue weighted by Crippen LogP contribution is -2.36. The zero-order valence-electron chi connectivity index (χ0n) is 8.66. The molecule has 1 aromatic rings. The highest BCUT2D eigenvalue weighted by Crippen LogP contribution is 2.31. The van der Waals surface area contributed by atoms with Gasteiger partial charge in [0.1, 0.15) is 11.9 Å². The summed E-state index contributed by atoms with van der Waals surface area (Å²) in [4.78, 5) is 13.2. The molecule has 0 N–H and O–H groups in total. The topological polar surface area (TPSA) is 29.5 Å². The number of hydrogen-bond donors (Lipinski definition) is 0. The second kappa shape index (κ2) is 3.53. The Morgan fingerprint density at radius 3 is 3.00 bits per heavy atom. The van der Waals surface area contributed by atoms with Gasteiger partial charge >= 0.3 is 5.97 Å². The standard InChI is InChI=1S/C11H12FNO2/c1-13-9-4-3-8(12)5-7(9)6-10(13)11(14)15-2/h3-5,10H,6H2,1-2H3. The molecule has 0 aliphatic carbocycles. The van der Waals surface area contributed by atoms with Gasteiger partial charge in [0.15, 0.2) is 0 Å². The number of anilines is 1. The quantitative estimate of drug-likeness (QED) is 0.654. The minimum absolute atomic E-state index is 0.271. The smallest absolute Gasteiger partial charge is 0.328 e. The predicted molar refractivity (Wildman–Crippen MR) is 54.3 cm³/mol. The van der Waals surface area contributed by atoms with Crippen molar-refractivity contribution in [2.45, 2.75) is 12.5 Å². The van der Waals surface area contributed by atoms with Gasteiger partial charge in [-0.2, -0.15) is 0 Å². The molecule has 0 spiro atoms. The van der Waals surface area contributed by atoms with Crippen molar-refractivity contribution in [2.24, 2.45) is 0 Å². The van der Waals surface area contributed by atoms with E-state index >= 15 is 0 Å². The summed E-state index contributed by atoms with van der Waals surface area (Å²) in [5.41, 5.74) is 1.75. The van der Waals surface area contributed by atoms with Gasteiger partial charge in [-0.3, -0.25) is 0 Å². The van der Waals surface area contributed by atoms with Crippen molar-refractivity contribution >= 4 is 11.7 Å². The largest absolute Gasteiger partial charge is 0.467 e. The maximum absolute atomic E-state index is 13.0. The second-order valence-electron chi connectivity index (χ2n) is 3.63. The molecule has 0 radical (unpaired) electrons. The van der Waals surface area contributed by atoms with Gasteiger partial charge < -0.3 is 9.64 Å². The van der Waals surface area contributed by atoms with E-state index in [2.05, 4.69) is 0 Å². The van der Waals surface area contributed by atoms with Crippen molar-refractivity contribution < 1.29 is 13.9 Å². The number of hydrogen-bond acceptors (Lipinski definition) is 3. The van der Waals surface area contributed by atoms with Gasteiger partial charge in [-0.1, -0.05) is 0 Å². The van der Waals surface area contributed by atoms with Crippen LogP contribution < -0.4 is 4.90 Å². The summed E-state index contributed by atoms with van der Waals surface area (Å²) < 4.78 is 17.7. The number of nitrogens with zero attached hydrogens (tertiary/aromatic N) is 1. The normalized spacial score (nSPS) is 18.9. The number of halogens is 1. The molecular weight excluding hydrogens is 197 g/mol. The fourth-order valence-electron chi connectivity index (χ4n) is 1.95. The van der Waals surface area contributed by atoms with Gasteiger partial charge in [0.25, 0.3) is 0 Å². The molecule has 2 rings (SSSR count). The molecule has 80 valence electrons. The van der Waals surface area contributed by atoms with E-state index in [1.807, 2.05) is 11.9 Å². The van der Waals surface area contributed by atoms with Crippen molar-refractivity contribution in [1.82, 2.24) is 0 Å². The number of carbonyl (C=O) groups excluding carboxylic acids is 1. The maximum Gasteiger partial charge on any atom is 0.328 e. The van der Waals surface area contributed by atoms with E-state index in [1.165, 1.54) is 19.2 Å². The third-order valence-corrected chi connectivity index (χ3v) is 2.78. The number of rotatable bonds is 1. The average Bonchev–Trinajstić information content (AvgIpc) is 2.54. The first-order chi connectivity index (χ1) is 7.13. The van der Waals surface area contributed by atoms with Crippen LogP contribution in [0.3, 0.4) is 0 Å². The fraction of sp³-hybridized carbons (Fsp3) is 0.364. The SMILES string of the molecule is COC(=O)C1Cc2cc(F)ccc2N1C. The van der Waals surface area contributed by atoms with Crippen molar-refractivity contribution in [2.75, 3.05) is 19.1 Å². The monoisotopic (exact) mass is 209 g/mol. The number of likely N-dealkylation sites (N-methyl/N-ethyl adjacent to an activating group) is 1. The fourth-order valence-corrected chi connectivity index (χ4v) is 1.95. The third kappa shape index (κ3) is 1.56. The van der Waals surface area contributed by atoms with Crippen LogP contribution in [0.5, 0.6) is 0 Å². The Labute approximate surface area is 87.5 Å². The second-order valence-corrected chi connectivity index (χ2v) is 3.63. The average molecular weight is 209 g/mol. The first-order valence-corrected chi connectivity index (χ1v) is 4.72. The van der Waals surface area contributed by atoms with Gasteiger partial charge in [-0.15, -0.1) is 0 Å². The first kappa shape index (κ1) is 9.96. The molecule has 3 nitrogen and oxygen atoms in total. The van der Waals surface area contributed by atoms with E-state index in [1.54, 1.807) is 6.07 Å². The number of fused-ring (bicyclic) bond motifs is 1. The first-order valence-electron chi connectivity index (χ1n) is 4.72. The molecule has 1 aliphatic heterocycles. The summed E-state index contributed by atoms with van der Waals surface area (Å²) >= 11 is 0. The maximum atomic E-state index is 13.0. The minimum atomic E-state index is -0.327. The van der Waals surface area contributed by atoms with E-state index in [0.717, 1.165) is 11.3 Å². The number of benzene rings is 1. The lowest BCUT2D eigenvalue weighted by molar-refractivity contribution is -0.141. The lowest BCUT2D eigenvalue weighted by Gasteiger charge is -2.19. The van der Waals surface area contributed by atoms with Crippen LogP contribution in [0.1, 0.15) is 5.56 Å². The summed E-state index contributed by atoms with van der Waals surface area (Å²) in [6.45, 7) is 0. The predicted octanol–water partition coefficient (Wildman–Crippen LogP) is 1.36. The molecule has 0 saturated heterocycles. The Hall–Kier alpha value is -1.58. The highest BCUT2D eigenvalue weighted by atomic mass is 19.1. The molecule has 1 heterocycles. The summed E-state index contributed by atoms with van der Waals surface area (Å²) in [5, 5.41) is 0. The molecule has 1 aromatic carbocycles. The summed E-state index contributed by atoms with van der Waals surface area (Å²) in [5.74, 6) is -0.554. The molecule has 1 unspecified atom stereocenters. The van der Waals surface area contributed by atoms with Crippen molar-refractivity contribution in [1.29, 1.82) is 0 Å². The van der Waals surface area contributed by atoms with E-state index < -0.39 is 0 Å². The molecule has 1 aliphatic rings. The molecule has 0 saturated carbocycles. The molecule has 15 heavy (non-hydrogen) atoms. The highest BCUT2D eigenvalue weighted by Gasteiger charge is 2.32. The molecular formula is C11H12FNO2. The minimum Gasteiger partial charge on any atom is -0.467 e. The van der Waals surface area contributed by atoms with Gasteiger partial charge in [-0.05, 0) is 23.8 Å². The number of ether oxygens (including phenoxy) is 1. The molecule has 4 heteroatoms. The molecule has 1 atom stereocenters. The van der Waals surface area contributed by atoms with Gasteiger partial charge in [0.05, 0.1) is 7.11 Å². The van der Waals surface area contributed by atoms with Crippen LogP contribution in [0.2, 0.25) is 0 Å². The molecule has 0 bridgehead atoms. The van der Waals surface area contributed by atoms with Gasteiger partial charge in [0.2, 0.25) is 0 Å². The lowest BCUT2D eigenvalue weighted by atomic mass is 10.1. The summed E-state index contributed by atoms with van der Waals surface area (Å²) in [6, 6.07) is 4.23. The Bertz CT molecular complexity index is 406. The highest BCUT2D eigenvalue weighted by molar-refractivity contribution is 5.83. The Morgan fingerprint density at radius 1 is 1.60 bits per heavy atom. The van der Waals surface area contributed by atoms with E-state index in [4.69, 9.17) is 4.74 Å². The van der Waals surface area contributed by atoms with Gasteiger partial charge in [-0.25, -0.2) is 9.18 Å². The molecule has 0 amide bonds. The number of methoxy groups -OCH3 is 1. The van der Waals surface area contributed by atoms with E-state index in [-0.39, 0.29) is 17.8 Å². The molecule has 0 aromatic heterocycles. The zero-order chi connectivity index (χ0) is 11.0. The van der Waals surface area contributed by atoms with Gasteiger partial charge in [0, 0.05) is 19.2 Å². The number of esters is 1. The van der Waals surface area contributed by atoms with Crippen LogP contribution >= 0.6 is 0 Å². The van der Waals surface area contributed by atoms with Crippen LogP contribution in [-0.4, -0.2) is 26.2 Å². The summed E-state index contributed by atoms with van der Waals surface area (Å²) in [7, 11) is 3.17. The molecule has 0 fully saturated rings. The van der Waals surface area contributed by atoms with Crippen LogP contribution in [0.15, 0.2) is 18.2 Å². The van der Waals surface area contributed by atoms with E-state index in [0.29, 0.717) is 6.42 Å². The summed E-state index contributed by atoms with van der Waals surface area (Å²) in [6.07, 6.45) is 0.510. The van der Waals surface area contributed by atoms with Crippen molar-refractivity contribution in [3.63, 3.8) is 0 Å². The Morgan fingerprint density at radius 2 is 2.33 bits per heavy atom. The van der Waals surface area contributed by atoms with Crippen LogP contribution in [0.4, 0.5) is 10.1 Å². The van der Waals surface area contributed by atoms with Crippen LogP contribution in [-0.2, 0) is 16.0 Å².